The molecule has 3 nitrogen and oxygen atoms in total. The minimum Gasteiger partial charge on any atom is -0.365 e. The van der Waals surface area contributed by atoms with Crippen molar-refractivity contribution in [3.05, 3.63) is 0 Å². The molecule has 1 N–H and O–H groups in total. The van der Waals surface area contributed by atoms with Gasteiger partial charge in [0, 0.05) is 18.3 Å². The van der Waals surface area contributed by atoms with Crippen LogP contribution >= 0.6 is 0 Å². The molecular weight excluding hydrogens is 276 g/mol. The highest BCUT2D eigenvalue weighted by Gasteiger charge is 2.84. The van der Waals surface area contributed by atoms with Gasteiger partial charge in [-0.1, -0.05) is 19.3 Å². The van der Waals surface area contributed by atoms with E-state index in [2.05, 4.69) is 0 Å². The third kappa shape index (κ3) is 1.14. The first-order valence-corrected chi connectivity index (χ1v) is 9.77. The van der Waals surface area contributed by atoms with Crippen molar-refractivity contribution in [1.82, 2.24) is 0 Å². The van der Waals surface area contributed by atoms with E-state index in [0.29, 0.717) is 17.8 Å². The zero-order chi connectivity index (χ0) is 14.6. The summed E-state index contributed by atoms with van der Waals surface area (Å²) in [6, 6.07) is 0. The van der Waals surface area contributed by atoms with Crippen LogP contribution in [0.15, 0.2) is 0 Å². The fourth-order valence-electron chi connectivity index (χ4n) is 8.04. The lowest BCUT2D eigenvalue weighted by atomic mass is 9.46. The molecule has 3 heterocycles. The van der Waals surface area contributed by atoms with Crippen LogP contribution in [-0.4, -0.2) is 22.3 Å². The topological polar surface area (TPSA) is 38.7 Å². The summed E-state index contributed by atoms with van der Waals surface area (Å²) in [5.41, 5.74) is -0.142. The van der Waals surface area contributed by atoms with Gasteiger partial charge < -0.3 is 14.6 Å². The van der Waals surface area contributed by atoms with Crippen molar-refractivity contribution in [2.75, 3.05) is 0 Å². The van der Waals surface area contributed by atoms with Crippen molar-refractivity contribution >= 4 is 0 Å². The summed E-state index contributed by atoms with van der Waals surface area (Å²) in [6.07, 6.45) is 14.5. The Hall–Kier alpha value is -0.120. The highest BCUT2D eigenvalue weighted by molar-refractivity contribution is 5.27. The molecule has 4 saturated carbocycles. The van der Waals surface area contributed by atoms with Gasteiger partial charge in [0.2, 0.25) is 0 Å². The summed E-state index contributed by atoms with van der Waals surface area (Å²) in [6.45, 7) is 0. The third-order valence-electron chi connectivity index (χ3n) is 8.78. The number of rotatable bonds is 0. The molecule has 3 spiro atoms. The maximum Gasteiger partial charge on any atom is 0.180 e. The lowest BCUT2D eigenvalue weighted by molar-refractivity contribution is -0.548. The van der Waals surface area contributed by atoms with Crippen LogP contribution in [-0.2, 0) is 9.47 Å². The molecule has 0 aromatic heterocycles. The van der Waals surface area contributed by atoms with Crippen LogP contribution in [0.2, 0.25) is 0 Å². The van der Waals surface area contributed by atoms with Crippen LogP contribution in [0.4, 0.5) is 0 Å². The Kier molecular flexibility index (Phi) is 2.25. The average molecular weight is 304 g/mol. The fourth-order valence-corrected chi connectivity index (χ4v) is 8.04. The van der Waals surface area contributed by atoms with Gasteiger partial charge in [0.05, 0.1) is 11.0 Å². The molecule has 3 saturated heterocycles. The molecule has 7 aliphatic rings. The summed E-state index contributed by atoms with van der Waals surface area (Å²) < 4.78 is 13.6. The highest BCUT2D eigenvalue weighted by Crippen LogP contribution is 2.78. The number of aliphatic hydroxyl groups is 1. The first kappa shape index (κ1) is 13.2. The minimum absolute atomic E-state index is 0.0565. The Labute approximate surface area is 132 Å². The summed E-state index contributed by atoms with van der Waals surface area (Å²) in [5, 5.41) is 11.7. The van der Waals surface area contributed by atoms with Crippen LogP contribution in [0.3, 0.4) is 0 Å². The number of ether oxygens (including phenoxy) is 2. The molecule has 0 aromatic rings. The standard InChI is InChI=1S/C19H28O3/c20-19-14-7-10-16(19)12-15-6-2-4-9-18(15,22-19)21-17(16)8-3-1-5-13(17)11-14/h13-15,20H,1-12H2/t13-,14-,15+,16-,17+,18+,19+/m1/s1. The Morgan fingerprint density at radius 1 is 0.773 bits per heavy atom. The lowest BCUT2D eigenvalue weighted by Crippen LogP contribution is -2.82. The van der Waals surface area contributed by atoms with Crippen molar-refractivity contribution < 1.29 is 14.6 Å². The normalized spacial score (nSPS) is 65.0. The van der Waals surface area contributed by atoms with E-state index in [0.717, 1.165) is 25.7 Å². The van der Waals surface area contributed by atoms with Crippen molar-refractivity contribution in [1.29, 1.82) is 0 Å². The molecule has 0 amide bonds. The predicted octanol–water partition coefficient (Wildman–Crippen LogP) is 3.74. The molecule has 0 unspecified atom stereocenters. The quantitative estimate of drug-likeness (QED) is 0.741. The van der Waals surface area contributed by atoms with Crippen LogP contribution < -0.4 is 0 Å². The molecule has 122 valence electrons. The maximum atomic E-state index is 11.7. The summed E-state index contributed by atoms with van der Waals surface area (Å²) in [7, 11) is 0. The Bertz CT molecular complexity index is 535. The van der Waals surface area contributed by atoms with Gasteiger partial charge in [-0.2, -0.15) is 0 Å². The smallest absolute Gasteiger partial charge is 0.180 e. The molecule has 0 aromatic carbocycles. The zero-order valence-corrected chi connectivity index (χ0v) is 13.5. The Morgan fingerprint density at radius 2 is 1.59 bits per heavy atom. The predicted molar refractivity (Wildman–Crippen MR) is 80.9 cm³/mol. The van der Waals surface area contributed by atoms with Crippen molar-refractivity contribution in [2.24, 2.45) is 23.2 Å². The Morgan fingerprint density at radius 3 is 2.50 bits per heavy atom. The Balaban J connectivity index is 1.58. The third-order valence-corrected chi connectivity index (χ3v) is 8.78. The van der Waals surface area contributed by atoms with E-state index >= 15 is 0 Å². The van der Waals surface area contributed by atoms with E-state index < -0.39 is 11.6 Å². The molecule has 4 aliphatic carbocycles. The first-order valence-electron chi connectivity index (χ1n) is 9.77. The second-order valence-electron chi connectivity index (χ2n) is 9.24. The van der Waals surface area contributed by atoms with Crippen molar-refractivity contribution in [3.8, 4) is 0 Å². The molecule has 3 heteroatoms. The largest absolute Gasteiger partial charge is 0.365 e. The van der Waals surface area contributed by atoms with Gasteiger partial charge in [-0.3, -0.25) is 0 Å². The number of hydrogen-bond donors (Lipinski definition) is 1. The highest BCUT2D eigenvalue weighted by atomic mass is 16.8. The van der Waals surface area contributed by atoms with Gasteiger partial charge in [-0.25, -0.2) is 0 Å². The van der Waals surface area contributed by atoms with E-state index in [1.165, 1.54) is 51.4 Å². The SMILES string of the molecule is O[C@@]12O[C@@]34CCCC[C@H]3C[C@@]13CC[C@@H]2C[C@H]1CCCC[C@]13O4. The molecule has 7 rings (SSSR count). The molecule has 0 radical (unpaired) electrons. The van der Waals surface area contributed by atoms with Gasteiger partial charge in [-0.15, -0.1) is 0 Å². The van der Waals surface area contributed by atoms with E-state index in [4.69, 9.17) is 9.47 Å². The number of hydrogen-bond acceptors (Lipinski definition) is 3. The van der Waals surface area contributed by atoms with Gasteiger partial charge in [0.25, 0.3) is 0 Å². The van der Waals surface area contributed by atoms with Crippen LogP contribution in [0.25, 0.3) is 0 Å². The monoisotopic (exact) mass is 304 g/mol. The van der Waals surface area contributed by atoms with Crippen LogP contribution in [0, 0.1) is 23.2 Å². The van der Waals surface area contributed by atoms with E-state index in [1.54, 1.807) is 0 Å². The summed E-state index contributed by atoms with van der Waals surface area (Å²) >= 11 is 0. The maximum absolute atomic E-state index is 11.7. The van der Waals surface area contributed by atoms with Crippen molar-refractivity contribution in [3.63, 3.8) is 0 Å². The van der Waals surface area contributed by atoms with Crippen molar-refractivity contribution in [2.45, 2.75) is 94.2 Å². The fraction of sp³-hybridized carbons (Fsp3) is 1.00. The second kappa shape index (κ2) is 3.75. The zero-order valence-electron chi connectivity index (χ0n) is 13.5. The molecule has 3 aliphatic heterocycles. The van der Waals surface area contributed by atoms with E-state index in [-0.39, 0.29) is 11.0 Å². The molecule has 5 bridgehead atoms. The van der Waals surface area contributed by atoms with E-state index in [1.807, 2.05) is 0 Å². The molecular formula is C19H28O3. The van der Waals surface area contributed by atoms with Gasteiger partial charge in [0.1, 0.15) is 0 Å². The molecule has 7 fully saturated rings. The van der Waals surface area contributed by atoms with E-state index in [9.17, 15) is 5.11 Å². The van der Waals surface area contributed by atoms with Crippen LogP contribution in [0.1, 0.15) is 77.0 Å². The van der Waals surface area contributed by atoms with Gasteiger partial charge >= 0.3 is 0 Å². The molecule has 22 heavy (non-hydrogen) atoms. The van der Waals surface area contributed by atoms with Crippen LogP contribution in [0.5, 0.6) is 0 Å². The summed E-state index contributed by atoms with van der Waals surface area (Å²) in [5.74, 6) is 0.275. The second-order valence-corrected chi connectivity index (χ2v) is 9.24. The molecule has 7 atom stereocenters. The first-order chi connectivity index (χ1) is 10.6. The minimum atomic E-state index is -0.868. The van der Waals surface area contributed by atoms with Gasteiger partial charge in [0.15, 0.2) is 11.6 Å². The average Bonchev–Trinajstić information content (AvgIpc) is 2.70. The lowest BCUT2D eigenvalue weighted by Gasteiger charge is -2.75. The van der Waals surface area contributed by atoms with Gasteiger partial charge in [-0.05, 0) is 57.3 Å². The summed E-state index contributed by atoms with van der Waals surface area (Å²) in [4.78, 5) is 0.